The quantitative estimate of drug-likeness (QED) is 0.541. The number of amides is 2. The number of carbonyl (C=O) groups excluding carboxylic acids is 2. The lowest BCUT2D eigenvalue weighted by molar-refractivity contribution is -0.133. The van der Waals surface area contributed by atoms with Gasteiger partial charge in [-0.25, -0.2) is 5.01 Å². The zero-order valence-electron chi connectivity index (χ0n) is 19.8. The molecule has 0 bridgehead atoms. The van der Waals surface area contributed by atoms with Crippen molar-refractivity contribution in [3.63, 3.8) is 0 Å². The van der Waals surface area contributed by atoms with Crippen LogP contribution in [0.25, 0.3) is 0 Å². The number of carbonyl (C=O) groups is 2. The second kappa shape index (κ2) is 9.82. The minimum atomic E-state index is -0.335. The summed E-state index contributed by atoms with van der Waals surface area (Å²) in [6.07, 6.45) is 2.49. The van der Waals surface area contributed by atoms with Crippen molar-refractivity contribution in [3.8, 4) is 11.5 Å². The van der Waals surface area contributed by atoms with Crippen LogP contribution in [0.4, 0.5) is 0 Å². The van der Waals surface area contributed by atoms with Crippen LogP contribution < -0.4 is 9.47 Å². The molecular formula is C26H28N4O4. The van der Waals surface area contributed by atoms with Gasteiger partial charge in [0.15, 0.2) is 0 Å². The van der Waals surface area contributed by atoms with Gasteiger partial charge in [-0.3, -0.25) is 9.59 Å². The predicted molar refractivity (Wildman–Crippen MR) is 129 cm³/mol. The Bertz CT molecular complexity index is 1220. The number of benzene rings is 2. The van der Waals surface area contributed by atoms with Crippen LogP contribution in [0.15, 0.2) is 72.0 Å². The SMILES string of the molecule is COc1ccc(C(=O)N(C)CC(=O)N2N=C(c3cccn3C)C[C@H]2c2ccccc2OC)cc1. The Labute approximate surface area is 199 Å². The molecule has 1 aliphatic heterocycles. The van der Waals surface area contributed by atoms with Crippen LogP contribution >= 0.6 is 0 Å². The molecule has 4 rings (SSSR count). The highest BCUT2D eigenvalue weighted by atomic mass is 16.5. The van der Waals surface area contributed by atoms with Crippen LogP contribution in [0, 0.1) is 0 Å². The number of likely N-dealkylation sites (N-methyl/N-ethyl adjacent to an activating group) is 1. The van der Waals surface area contributed by atoms with E-state index in [2.05, 4.69) is 0 Å². The van der Waals surface area contributed by atoms with Crippen LogP contribution in [0.1, 0.15) is 34.1 Å². The summed E-state index contributed by atoms with van der Waals surface area (Å²) in [4.78, 5) is 27.7. The smallest absolute Gasteiger partial charge is 0.262 e. The van der Waals surface area contributed by atoms with Gasteiger partial charge in [-0.15, -0.1) is 0 Å². The molecule has 8 heteroatoms. The maximum Gasteiger partial charge on any atom is 0.262 e. The van der Waals surface area contributed by atoms with E-state index in [1.54, 1.807) is 45.5 Å². The van der Waals surface area contributed by atoms with E-state index >= 15 is 0 Å². The van der Waals surface area contributed by atoms with Crippen molar-refractivity contribution >= 4 is 17.5 Å². The minimum Gasteiger partial charge on any atom is -0.497 e. The lowest BCUT2D eigenvalue weighted by atomic mass is 9.99. The molecule has 0 spiro atoms. The molecule has 0 aliphatic carbocycles. The van der Waals surface area contributed by atoms with E-state index in [-0.39, 0.29) is 24.4 Å². The molecule has 2 heterocycles. The minimum absolute atomic E-state index is 0.111. The first-order valence-corrected chi connectivity index (χ1v) is 11.0. The maximum atomic E-state index is 13.4. The summed E-state index contributed by atoms with van der Waals surface area (Å²) in [7, 11) is 6.74. The number of aromatic nitrogens is 1. The van der Waals surface area contributed by atoms with E-state index in [1.807, 2.05) is 54.2 Å². The molecule has 0 unspecified atom stereocenters. The Morgan fingerprint density at radius 1 is 1.03 bits per heavy atom. The van der Waals surface area contributed by atoms with Crippen molar-refractivity contribution in [3.05, 3.63) is 83.7 Å². The molecule has 8 nitrogen and oxygen atoms in total. The molecule has 0 fully saturated rings. The van der Waals surface area contributed by atoms with Crippen molar-refractivity contribution in [2.24, 2.45) is 12.1 Å². The van der Waals surface area contributed by atoms with Gasteiger partial charge in [0.1, 0.15) is 18.0 Å². The number of hydrogen-bond donors (Lipinski definition) is 0. The number of ether oxygens (including phenoxy) is 2. The molecule has 1 atom stereocenters. The summed E-state index contributed by atoms with van der Waals surface area (Å²) < 4.78 is 12.7. The highest BCUT2D eigenvalue weighted by Crippen LogP contribution is 2.37. The fraction of sp³-hybridized carbons (Fsp3) is 0.269. The molecule has 0 saturated heterocycles. The summed E-state index contributed by atoms with van der Waals surface area (Å²) >= 11 is 0. The monoisotopic (exact) mass is 460 g/mol. The summed E-state index contributed by atoms with van der Waals surface area (Å²) in [5, 5.41) is 6.19. The second-order valence-corrected chi connectivity index (χ2v) is 8.14. The fourth-order valence-electron chi connectivity index (χ4n) is 4.14. The normalized spacial score (nSPS) is 15.1. The predicted octanol–water partition coefficient (Wildman–Crippen LogP) is 3.49. The Morgan fingerprint density at radius 3 is 2.41 bits per heavy atom. The number of para-hydroxylation sites is 1. The first-order valence-electron chi connectivity index (χ1n) is 11.0. The Hall–Kier alpha value is -4.07. The van der Waals surface area contributed by atoms with Crippen LogP contribution in [-0.4, -0.2) is 59.8 Å². The van der Waals surface area contributed by atoms with Gasteiger partial charge >= 0.3 is 0 Å². The molecule has 34 heavy (non-hydrogen) atoms. The van der Waals surface area contributed by atoms with Gasteiger partial charge in [0, 0.05) is 37.8 Å². The van der Waals surface area contributed by atoms with Crippen LogP contribution in [0.3, 0.4) is 0 Å². The Balaban J connectivity index is 1.59. The number of methoxy groups -OCH3 is 2. The average molecular weight is 461 g/mol. The molecule has 2 amide bonds. The number of aryl methyl sites for hydroxylation is 1. The maximum absolute atomic E-state index is 13.4. The van der Waals surface area contributed by atoms with Gasteiger partial charge in [0.25, 0.3) is 11.8 Å². The number of hydrogen-bond acceptors (Lipinski definition) is 5. The average Bonchev–Trinajstić information content (AvgIpc) is 3.49. The molecule has 176 valence electrons. The standard InChI is InChI=1S/C26H28N4O4/c1-28-15-7-9-22(28)21-16-23(20-8-5-6-10-24(20)34-4)30(27-21)25(31)17-29(2)26(32)18-11-13-19(33-3)14-12-18/h5-15,23H,16-17H2,1-4H3/t23-/m0/s1. The van der Waals surface area contributed by atoms with E-state index < -0.39 is 0 Å². The highest BCUT2D eigenvalue weighted by Gasteiger charge is 2.36. The van der Waals surface area contributed by atoms with Crippen molar-refractivity contribution in [2.75, 3.05) is 27.8 Å². The lowest BCUT2D eigenvalue weighted by Crippen LogP contribution is -2.39. The van der Waals surface area contributed by atoms with Crippen molar-refractivity contribution in [1.82, 2.24) is 14.5 Å². The van der Waals surface area contributed by atoms with Crippen LogP contribution in [0.5, 0.6) is 11.5 Å². The van der Waals surface area contributed by atoms with Gasteiger partial charge < -0.3 is 18.9 Å². The molecule has 2 aromatic carbocycles. The van der Waals surface area contributed by atoms with E-state index in [0.717, 1.165) is 17.0 Å². The summed E-state index contributed by atoms with van der Waals surface area (Å²) in [6.45, 7) is -0.111. The summed E-state index contributed by atoms with van der Waals surface area (Å²) in [5.41, 5.74) is 3.10. The van der Waals surface area contributed by atoms with E-state index in [0.29, 0.717) is 23.5 Å². The Kier molecular flexibility index (Phi) is 6.67. The van der Waals surface area contributed by atoms with Gasteiger partial charge in [0.05, 0.1) is 31.7 Å². The fourth-order valence-corrected chi connectivity index (χ4v) is 4.14. The molecule has 0 saturated carbocycles. The van der Waals surface area contributed by atoms with Crippen molar-refractivity contribution < 1.29 is 19.1 Å². The molecule has 3 aromatic rings. The molecule has 0 radical (unpaired) electrons. The second-order valence-electron chi connectivity index (χ2n) is 8.14. The van der Waals surface area contributed by atoms with E-state index in [4.69, 9.17) is 14.6 Å². The zero-order chi connectivity index (χ0) is 24.2. The topological polar surface area (TPSA) is 76.4 Å². The van der Waals surface area contributed by atoms with Crippen molar-refractivity contribution in [2.45, 2.75) is 12.5 Å². The molecule has 0 N–H and O–H groups in total. The third kappa shape index (κ3) is 4.52. The van der Waals surface area contributed by atoms with Gasteiger partial charge in [-0.1, -0.05) is 18.2 Å². The van der Waals surface area contributed by atoms with Gasteiger partial charge in [0.2, 0.25) is 0 Å². The largest absolute Gasteiger partial charge is 0.497 e. The van der Waals surface area contributed by atoms with Crippen molar-refractivity contribution in [1.29, 1.82) is 0 Å². The first-order chi connectivity index (χ1) is 16.4. The Morgan fingerprint density at radius 2 is 1.76 bits per heavy atom. The summed E-state index contributed by atoms with van der Waals surface area (Å²) in [6, 6.07) is 18.0. The van der Waals surface area contributed by atoms with Crippen LogP contribution in [0.2, 0.25) is 0 Å². The van der Waals surface area contributed by atoms with Crippen LogP contribution in [-0.2, 0) is 11.8 Å². The zero-order valence-corrected chi connectivity index (χ0v) is 19.8. The van der Waals surface area contributed by atoms with E-state index in [1.165, 1.54) is 9.91 Å². The molecule has 1 aromatic heterocycles. The third-order valence-corrected chi connectivity index (χ3v) is 5.96. The number of nitrogens with zero attached hydrogens (tertiary/aromatic N) is 4. The molecular weight excluding hydrogens is 432 g/mol. The highest BCUT2D eigenvalue weighted by molar-refractivity contribution is 6.03. The van der Waals surface area contributed by atoms with Gasteiger partial charge in [-0.05, 0) is 42.5 Å². The number of rotatable bonds is 7. The number of hydrazone groups is 1. The third-order valence-electron chi connectivity index (χ3n) is 5.96. The molecule has 1 aliphatic rings. The van der Waals surface area contributed by atoms with Gasteiger partial charge in [-0.2, -0.15) is 5.10 Å². The summed E-state index contributed by atoms with van der Waals surface area (Å²) in [5.74, 6) is 0.825. The lowest BCUT2D eigenvalue weighted by Gasteiger charge is -2.26. The first kappa shape index (κ1) is 23.1. The van der Waals surface area contributed by atoms with E-state index in [9.17, 15) is 9.59 Å².